The van der Waals surface area contributed by atoms with Crippen LogP contribution in [0.15, 0.2) is 42.6 Å². The molecule has 0 spiro atoms. The van der Waals surface area contributed by atoms with Crippen LogP contribution < -0.4 is 15.4 Å². The number of urea groups is 1. The number of nitrogens with one attached hydrogen (secondary N) is 2. The number of ether oxygens (including phenoxy) is 1. The zero-order chi connectivity index (χ0) is 15.2. The number of carbonyl (C=O) groups is 1. The third kappa shape index (κ3) is 4.00. The van der Waals surface area contributed by atoms with E-state index in [0.717, 1.165) is 11.4 Å². The Balaban J connectivity index is 1.83. The van der Waals surface area contributed by atoms with Gasteiger partial charge in [0.05, 0.1) is 13.7 Å². The van der Waals surface area contributed by atoms with E-state index in [-0.39, 0.29) is 12.6 Å². The largest absolute Gasteiger partial charge is 0.497 e. The first-order chi connectivity index (χ1) is 10.1. The van der Waals surface area contributed by atoms with Crippen molar-refractivity contribution < 1.29 is 14.6 Å². The molecule has 0 radical (unpaired) electrons. The molecular weight excluding hydrogens is 270 g/mol. The van der Waals surface area contributed by atoms with E-state index in [1.807, 2.05) is 29.9 Å². The molecule has 1 aromatic carbocycles. The average molecular weight is 289 g/mol. The van der Waals surface area contributed by atoms with Crippen molar-refractivity contribution in [1.82, 2.24) is 9.88 Å². The molecule has 1 aromatic heterocycles. The maximum atomic E-state index is 11.8. The van der Waals surface area contributed by atoms with Gasteiger partial charge in [-0.1, -0.05) is 0 Å². The zero-order valence-electron chi connectivity index (χ0n) is 12.0. The van der Waals surface area contributed by atoms with Crippen LogP contribution in [0, 0.1) is 0 Å². The van der Waals surface area contributed by atoms with E-state index in [9.17, 15) is 9.90 Å². The molecule has 3 N–H and O–H groups in total. The number of benzene rings is 1. The number of hydrogen-bond acceptors (Lipinski definition) is 3. The first-order valence-electron chi connectivity index (χ1n) is 6.58. The van der Waals surface area contributed by atoms with Gasteiger partial charge in [-0.3, -0.25) is 0 Å². The number of nitrogens with zero attached hydrogens (tertiary/aromatic N) is 1. The molecular formula is C15H19N3O3. The lowest BCUT2D eigenvalue weighted by atomic mass is 10.2. The van der Waals surface area contributed by atoms with E-state index in [0.29, 0.717) is 5.69 Å². The van der Waals surface area contributed by atoms with Crippen molar-refractivity contribution in [3.05, 3.63) is 48.3 Å². The fourth-order valence-electron chi connectivity index (χ4n) is 1.96. The van der Waals surface area contributed by atoms with Crippen molar-refractivity contribution in [2.75, 3.05) is 19.0 Å². The van der Waals surface area contributed by atoms with Crippen LogP contribution in [0.5, 0.6) is 5.75 Å². The molecule has 2 amide bonds. The molecule has 0 aliphatic heterocycles. The minimum Gasteiger partial charge on any atom is -0.497 e. The SMILES string of the molecule is COc1ccc(NC(=O)NCC(O)c2cccn2C)cc1. The number of anilines is 1. The summed E-state index contributed by atoms with van der Waals surface area (Å²) in [6, 6.07) is 10.3. The number of aromatic nitrogens is 1. The Labute approximate surface area is 123 Å². The van der Waals surface area contributed by atoms with Crippen LogP contribution in [-0.2, 0) is 7.05 Å². The summed E-state index contributed by atoms with van der Waals surface area (Å²) < 4.78 is 6.86. The third-order valence-corrected chi connectivity index (χ3v) is 3.13. The van der Waals surface area contributed by atoms with Gasteiger partial charge in [-0.15, -0.1) is 0 Å². The number of hydrogen-bond donors (Lipinski definition) is 3. The highest BCUT2D eigenvalue weighted by molar-refractivity contribution is 5.89. The molecule has 1 atom stereocenters. The lowest BCUT2D eigenvalue weighted by molar-refractivity contribution is 0.167. The number of aliphatic hydroxyl groups excluding tert-OH is 1. The Bertz CT molecular complexity index is 592. The molecule has 2 aromatic rings. The summed E-state index contributed by atoms with van der Waals surface area (Å²) in [5.74, 6) is 0.722. The fourth-order valence-corrected chi connectivity index (χ4v) is 1.96. The molecule has 21 heavy (non-hydrogen) atoms. The summed E-state index contributed by atoms with van der Waals surface area (Å²) in [6.45, 7) is 0.139. The molecule has 0 fully saturated rings. The Kier molecular flexibility index (Phi) is 4.84. The third-order valence-electron chi connectivity index (χ3n) is 3.13. The van der Waals surface area contributed by atoms with Crippen LogP contribution in [0.4, 0.5) is 10.5 Å². The summed E-state index contributed by atoms with van der Waals surface area (Å²) in [6.07, 6.45) is 1.10. The van der Waals surface area contributed by atoms with Gasteiger partial charge < -0.3 is 25.0 Å². The summed E-state index contributed by atoms with van der Waals surface area (Å²) >= 11 is 0. The monoisotopic (exact) mass is 289 g/mol. The molecule has 2 rings (SSSR count). The van der Waals surface area contributed by atoms with Crippen molar-refractivity contribution in [3.63, 3.8) is 0 Å². The summed E-state index contributed by atoms with van der Waals surface area (Å²) in [5.41, 5.74) is 1.40. The number of amides is 2. The van der Waals surface area contributed by atoms with Gasteiger partial charge in [0.25, 0.3) is 0 Å². The molecule has 1 unspecified atom stereocenters. The highest BCUT2D eigenvalue weighted by Crippen LogP contribution is 2.15. The van der Waals surface area contributed by atoms with E-state index < -0.39 is 6.10 Å². The van der Waals surface area contributed by atoms with Gasteiger partial charge in [0.15, 0.2) is 0 Å². The van der Waals surface area contributed by atoms with Gasteiger partial charge in [0, 0.05) is 24.6 Å². The second kappa shape index (κ2) is 6.81. The zero-order valence-corrected chi connectivity index (χ0v) is 12.0. The van der Waals surface area contributed by atoms with E-state index >= 15 is 0 Å². The Morgan fingerprint density at radius 1 is 1.33 bits per heavy atom. The van der Waals surface area contributed by atoms with Gasteiger partial charge in [0.1, 0.15) is 11.9 Å². The maximum Gasteiger partial charge on any atom is 0.319 e. The number of aryl methyl sites for hydroxylation is 1. The molecule has 0 bridgehead atoms. The number of methoxy groups -OCH3 is 1. The number of carbonyl (C=O) groups excluding carboxylic acids is 1. The first kappa shape index (κ1) is 14.9. The lowest BCUT2D eigenvalue weighted by Gasteiger charge is -2.13. The van der Waals surface area contributed by atoms with Gasteiger partial charge in [0.2, 0.25) is 0 Å². The van der Waals surface area contributed by atoms with Crippen LogP contribution in [0.25, 0.3) is 0 Å². The minimum absolute atomic E-state index is 0.139. The van der Waals surface area contributed by atoms with Gasteiger partial charge in [-0.25, -0.2) is 4.79 Å². The molecule has 1 heterocycles. The van der Waals surface area contributed by atoms with Crippen LogP contribution in [-0.4, -0.2) is 29.4 Å². The second-order valence-corrected chi connectivity index (χ2v) is 4.62. The van der Waals surface area contributed by atoms with Gasteiger partial charge >= 0.3 is 6.03 Å². The maximum absolute atomic E-state index is 11.8. The Morgan fingerprint density at radius 2 is 2.05 bits per heavy atom. The van der Waals surface area contributed by atoms with E-state index in [2.05, 4.69) is 10.6 Å². The Hall–Kier alpha value is -2.47. The van der Waals surface area contributed by atoms with Crippen LogP contribution in [0.1, 0.15) is 11.8 Å². The van der Waals surface area contributed by atoms with E-state index in [1.54, 1.807) is 31.4 Å². The molecule has 0 saturated heterocycles. The van der Waals surface area contributed by atoms with E-state index in [4.69, 9.17) is 4.74 Å². The molecule has 6 heteroatoms. The lowest BCUT2D eigenvalue weighted by Crippen LogP contribution is -2.32. The first-order valence-corrected chi connectivity index (χ1v) is 6.58. The van der Waals surface area contributed by atoms with Crippen LogP contribution >= 0.6 is 0 Å². The summed E-state index contributed by atoms with van der Waals surface area (Å²) in [5, 5.41) is 15.3. The van der Waals surface area contributed by atoms with Crippen molar-refractivity contribution in [3.8, 4) is 5.75 Å². The van der Waals surface area contributed by atoms with E-state index in [1.165, 1.54) is 0 Å². The highest BCUT2D eigenvalue weighted by atomic mass is 16.5. The Morgan fingerprint density at radius 3 is 2.62 bits per heavy atom. The quantitative estimate of drug-likeness (QED) is 0.787. The van der Waals surface area contributed by atoms with Crippen LogP contribution in [0.2, 0.25) is 0 Å². The van der Waals surface area contributed by atoms with Crippen molar-refractivity contribution in [2.24, 2.45) is 7.05 Å². The normalized spacial score (nSPS) is 11.8. The molecule has 0 aliphatic rings. The molecule has 112 valence electrons. The van der Waals surface area contributed by atoms with Crippen molar-refractivity contribution in [2.45, 2.75) is 6.10 Å². The number of rotatable bonds is 5. The fraction of sp³-hybridized carbons (Fsp3) is 0.267. The highest BCUT2D eigenvalue weighted by Gasteiger charge is 2.11. The standard InChI is InChI=1S/C15H19N3O3/c1-18-9-3-4-13(18)14(19)10-16-15(20)17-11-5-7-12(21-2)8-6-11/h3-9,14,19H,10H2,1-2H3,(H2,16,17,20). The minimum atomic E-state index is -0.744. The number of aliphatic hydroxyl groups is 1. The van der Waals surface area contributed by atoms with Gasteiger partial charge in [-0.05, 0) is 36.4 Å². The predicted molar refractivity (Wildman–Crippen MR) is 80.4 cm³/mol. The second-order valence-electron chi connectivity index (χ2n) is 4.62. The average Bonchev–Trinajstić information content (AvgIpc) is 2.92. The topological polar surface area (TPSA) is 75.5 Å². The molecule has 0 saturated carbocycles. The predicted octanol–water partition coefficient (Wildman–Crippen LogP) is 1.89. The van der Waals surface area contributed by atoms with Crippen molar-refractivity contribution >= 4 is 11.7 Å². The summed E-state index contributed by atoms with van der Waals surface area (Å²) in [4.78, 5) is 11.8. The molecule has 0 aliphatic carbocycles. The van der Waals surface area contributed by atoms with Crippen molar-refractivity contribution in [1.29, 1.82) is 0 Å². The molecule has 6 nitrogen and oxygen atoms in total. The van der Waals surface area contributed by atoms with Gasteiger partial charge in [-0.2, -0.15) is 0 Å². The summed E-state index contributed by atoms with van der Waals surface area (Å²) in [7, 11) is 3.43. The smallest absolute Gasteiger partial charge is 0.319 e. The van der Waals surface area contributed by atoms with Crippen LogP contribution in [0.3, 0.4) is 0 Å².